The fraction of sp³-hybridized carbons (Fsp3) is 0.267. The van der Waals surface area contributed by atoms with Crippen LogP contribution in [0.3, 0.4) is 0 Å². The molecule has 4 nitrogen and oxygen atoms in total. The Bertz CT molecular complexity index is 764. The smallest absolute Gasteiger partial charge is 0.261 e. The number of amides is 1. The summed E-state index contributed by atoms with van der Waals surface area (Å²) in [6.45, 7) is 1.76. The number of hydrogen-bond donors (Lipinski definition) is 1. The lowest BCUT2D eigenvalue weighted by molar-refractivity contribution is 0.0955. The SMILES string of the molecule is CC(F)c1ccc(CNC(=O)c2ccc(S(C)(=O)=O)s2)cc1. The van der Waals surface area contributed by atoms with E-state index in [1.165, 1.54) is 19.1 Å². The molecule has 1 amide bonds. The Morgan fingerprint density at radius 2 is 1.86 bits per heavy atom. The summed E-state index contributed by atoms with van der Waals surface area (Å²) in [5.41, 5.74) is 1.43. The Hall–Kier alpha value is -1.73. The average molecular weight is 341 g/mol. The van der Waals surface area contributed by atoms with Crippen molar-refractivity contribution in [2.24, 2.45) is 0 Å². The molecule has 1 heterocycles. The number of alkyl halides is 1. The largest absolute Gasteiger partial charge is 0.347 e. The van der Waals surface area contributed by atoms with E-state index < -0.39 is 16.0 Å². The summed E-state index contributed by atoms with van der Waals surface area (Å²) in [7, 11) is -3.29. The summed E-state index contributed by atoms with van der Waals surface area (Å²) >= 11 is 0.940. The molecule has 0 spiro atoms. The molecule has 1 N–H and O–H groups in total. The van der Waals surface area contributed by atoms with Crippen molar-refractivity contribution < 1.29 is 17.6 Å². The highest BCUT2D eigenvalue weighted by Gasteiger charge is 2.14. The van der Waals surface area contributed by atoms with Crippen molar-refractivity contribution in [1.82, 2.24) is 5.32 Å². The van der Waals surface area contributed by atoms with Gasteiger partial charge in [0.05, 0.1) is 4.88 Å². The molecule has 1 unspecified atom stereocenters. The summed E-state index contributed by atoms with van der Waals surface area (Å²) in [4.78, 5) is 12.3. The Kier molecular flexibility index (Phi) is 4.97. The second kappa shape index (κ2) is 6.58. The van der Waals surface area contributed by atoms with Crippen molar-refractivity contribution in [3.05, 3.63) is 52.4 Å². The van der Waals surface area contributed by atoms with Gasteiger partial charge in [-0.15, -0.1) is 11.3 Å². The molecule has 1 atom stereocenters. The van der Waals surface area contributed by atoms with E-state index in [0.29, 0.717) is 17.0 Å². The summed E-state index contributed by atoms with van der Waals surface area (Å²) in [6.07, 6.45) is 0.0812. The highest BCUT2D eigenvalue weighted by Crippen LogP contribution is 2.21. The first kappa shape index (κ1) is 16.6. The minimum absolute atomic E-state index is 0.166. The van der Waals surface area contributed by atoms with Crippen molar-refractivity contribution >= 4 is 27.1 Å². The third-order valence-electron chi connectivity index (χ3n) is 3.06. The first-order valence-corrected chi connectivity index (χ1v) is 9.29. The Balaban J connectivity index is 1.99. The van der Waals surface area contributed by atoms with Gasteiger partial charge in [-0.3, -0.25) is 4.79 Å². The minimum Gasteiger partial charge on any atom is -0.347 e. The fourth-order valence-electron chi connectivity index (χ4n) is 1.81. The molecular weight excluding hydrogens is 325 g/mol. The maximum Gasteiger partial charge on any atom is 0.261 e. The van der Waals surface area contributed by atoms with Crippen molar-refractivity contribution in [1.29, 1.82) is 0 Å². The van der Waals surface area contributed by atoms with Crippen LogP contribution in [0.2, 0.25) is 0 Å². The third-order valence-corrected chi connectivity index (χ3v) is 5.97. The Morgan fingerprint density at radius 1 is 1.23 bits per heavy atom. The second-order valence-corrected chi connectivity index (χ2v) is 8.26. The van der Waals surface area contributed by atoms with Crippen LogP contribution in [0.15, 0.2) is 40.6 Å². The van der Waals surface area contributed by atoms with Gasteiger partial charge >= 0.3 is 0 Å². The molecule has 0 fully saturated rings. The maximum absolute atomic E-state index is 13.1. The van der Waals surface area contributed by atoms with Crippen LogP contribution in [-0.4, -0.2) is 20.6 Å². The Morgan fingerprint density at radius 3 is 2.36 bits per heavy atom. The first-order chi connectivity index (χ1) is 10.3. The molecule has 2 aromatic rings. The van der Waals surface area contributed by atoms with Crippen molar-refractivity contribution in [3.63, 3.8) is 0 Å². The summed E-state index contributed by atoms with van der Waals surface area (Å²) < 4.78 is 36.0. The van der Waals surface area contributed by atoms with Crippen LogP contribution < -0.4 is 5.32 Å². The molecule has 1 aromatic carbocycles. The average Bonchev–Trinajstić information content (AvgIpc) is 2.95. The van der Waals surface area contributed by atoms with Gasteiger partial charge in [0.15, 0.2) is 9.84 Å². The molecule has 7 heteroatoms. The minimum atomic E-state index is -3.29. The lowest BCUT2D eigenvalue weighted by Crippen LogP contribution is -2.21. The number of rotatable bonds is 5. The second-order valence-electron chi connectivity index (χ2n) is 4.93. The highest BCUT2D eigenvalue weighted by molar-refractivity contribution is 7.92. The van der Waals surface area contributed by atoms with E-state index in [1.54, 1.807) is 24.3 Å². The molecular formula is C15H16FNO3S2. The van der Waals surface area contributed by atoms with Gasteiger partial charge in [-0.2, -0.15) is 0 Å². The number of halogens is 1. The van der Waals surface area contributed by atoms with Crippen LogP contribution in [0.5, 0.6) is 0 Å². The van der Waals surface area contributed by atoms with Crippen molar-refractivity contribution in [2.45, 2.75) is 23.8 Å². The number of nitrogens with one attached hydrogen (secondary N) is 1. The van der Waals surface area contributed by atoms with Crippen LogP contribution in [-0.2, 0) is 16.4 Å². The van der Waals surface area contributed by atoms with Gasteiger partial charge in [-0.05, 0) is 30.2 Å². The fourth-order valence-corrected chi connectivity index (χ4v) is 3.66. The zero-order valence-corrected chi connectivity index (χ0v) is 13.8. The molecule has 0 aliphatic rings. The van der Waals surface area contributed by atoms with E-state index in [-0.39, 0.29) is 10.1 Å². The molecule has 0 aliphatic heterocycles. The number of hydrogen-bond acceptors (Lipinski definition) is 4. The lowest BCUT2D eigenvalue weighted by atomic mass is 10.1. The first-order valence-electron chi connectivity index (χ1n) is 6.58. The number of sulfone groups is 1. The van der Waals surface area contributed by atoms with E-state index in [0.717, 1.165) is 23.2 Å². The predicted octanol–water partition coefficient (Wildman–Crippen LogP) is 3.11. The van der Waals surface area contributed by atoms with E-state index in [2.05, 4.69) is 5.32 Å². The molecule has 0 bridgehead atoms. The van der Waals surface area contributed by atoms with Crippen molar-refractivity contribution in [2.75, 3.05) is 6.26 Å². The van der Waals surface area contributed by atoms with E-state index in [4.69, 9.17) is 0 Å². The highest BCUT2D eigenvalue weighted by atomic mass is 32.2. The third kappa shape index (κ3) is 4.14. The van der Waals surface area contributed by atoms with Gasteiger partial charge in [0, 0.05) is 12.8 Å². The lowest BCUT2D eigenvalue weighted by Gasteiger charge is -2.06. The molecule has 2 rings (SSSR count). The topological polar surface area (TPSA) is 63.2 Å². The van der Waals surface area contributed by atoms with Crippen LogP contribution in [0, 0.1) is 0 Å². The molecule has 118 valence electrons. The number of carbonyl (C=O) groups is 1. The van der Waals surface area contributed by atoms with E-state index in [1.807, 2.05) is 0 Å². The maximum atomic E-state index is 13.1. The summed E-state index contributed by atoms with van der Waals surface area (Å²) in [6, 6.07) is 9.78. The quantitative estimate of drug-likeness (QED) is 0.909. The molecule has 0 saturated heterocycles. The molecule has 1 aromatic heterocycles. The normalized spacial score (nSPS) is 12.9. The standard InChI is InChI=1S/C15H16FNO3S2/c1-10(16)12-5-3-11(4-6-12)9-17-15(18)13-7-8-14(21-13)22(2,19)20/h3-8,10H,9H2,1-2H3,(H,17,18). The van der Waals surface area contributed by atoms with Crippen LogP contribution >= 0.6 is 11.3 Å². The molecule has 0 saturated carbocycles. The number of benzene rings is 1. The van der Waals surface area contributed by atoms with Gasteiger partial charge in [-0.1, -0.05) is 24.3 Å². The number of carbonyl (C=O) groups excluding carboxylic acids is 1. The zero-order valence-electron chi connectivity index (χ0n) is 12.2. The van der Waals surface area contributed by atoms with Gasteiger partial charge in [0.2, 0.25) is 0 Å². The van der Waals surface area contributed by atoms with Gasteiger partial charge in [-0.25, -0.2) is 12.8 Å². The van der Waals surface area contributed by atoms with Crippen LogP contribution in [0.25, 0.3) is 0 Å². The molecule has 22 heavy (non-hydrogen) atoms. The van der Waals surface area contributed by atoms with Gasteiger partial charge < -0.3 is 5.32 Å². The van der Waals surface area contributed by atoms with Crippen LogP contribution in [0.4, 0.5) is 4.39 Å². The van der Waals surface area contributed by atoms with Crippen molar-refractivity contribution in [3.8, 4) is 0 Å². The van der Waals surface area contributed by atoms with Gasteiger partial charge in [0.1, 0.15) is 10.4 Å². The molecule has 0 aliphatic carbocycles. The monoisotopic (exact) mass is 341 g/mol. The zero-order chi connectivity index (χ0) is 16.3. The van der Waals surface area contributed by atoms with E-state index >= 15 is 0 Å². The summed E-state index contributed by atoms with van der Waals surface area (Å²) in [5, 5.41) is 2.71. The summed E-state index contributed by atoms with van der Waals surface area (Å²) in [5.74, 6) is -0.331. The predicted molar refractivity (Wildman–Crippen MR) is 84.6 cm³/mol. The van der Waals surface area contributed by atoms with E-state index in [9.17, 15) is 17.6 Å². The number of thiophene rings is 1. The molecule has 0 radical (unpaired) electrons. The van der Waals surface area contributed by atoms with Crippen LogP contribution in [0.1, 0.15) is 33.9 Å². The Labute approximate surface area is 132 Å². The van der Waals surface area contributed by atoms with Gasteiger partial charge in [0.25, 0.3) is 5.91 Å².